The van der Waals surface area contributed by atoms with E-state index >= 15 is 0 Å². The number of rotatable bonds is 5. The molecule has 27 heavy (non-hydrogen) atoms. The van der Waals surface area contributed by atoms with Crippen LogP contribution >= 0.6 is 0 Å². The number of aromatic amines is 1. The molecule has 1 heterocycles. The molecule has 7 heteroatoms. The van der Waals surface area contributed by atoms with E-state index in [0.717, 1.165) is 27.6 Å². The van der Waals surface area contributed by atoms with Crippen molar-refractivity contribution >= 4 is 33.4 Å². The number of carbonyl (C=O) groups is 1. The number of carbonyl (C=O) groups excluding carboxylic acids is 1. The number of thiol groups is 1. The van der Waals surface area contributed by atoms with Crippen LogP contribution < -0.4 is 10.0 Å². The van der Waals surface area contributed by atoms with Gasteiger partial charge in [0, 0.05) is 17.8 Å². The van der Waals surface area contributed by atoms with E-state index in [4.69, 9.17) is 5.73 Å². The Kier molecular flexibility index (Phi) is 5.05. The molecule has 0 aliphatic heterocycles. The molecular formula is C20H21N3O3S. The molecule has 0 aliphatic carbocycles. The molecule has 0 aliphatic rings. The number of hydrogen-bond donors (Lipinski definition) is 3. The Morgan fingerprint density at radius 3 is 2.52 bits per heavy atom. The number of primary amides is 1. The standard InChI is InChI=1S/C20H21N3O3S/c1-4-10-23(27(25)26)17-7-5-6-14(13(17)3)15-8-9-16(20(21)24)19-18(15)12(2)11-22-19/h4-11,22,27H,1-3H3,(H2,21,24). The first kappa shape index (κ1) is 18.7. The van der Waals surface area contributed by atoms with Crippen LogP contribution in [0.1, 0.15) is 28.4 Å². The summed E-state index contributed by atoms with van der Waals surface area (Å²) in [6, 6.07) is 9.08. The zero-order valence-electron chi connectivity index (χ0n) is 15.3. The van der Waals surface area contributed by atoms with Crippen LogP contribution in [0.2, 0.25) is 0 Å². The number of nitrogens with one attached hydrogen (secondary N) is 1. The fourth-order valence-corrected chi connectivity index (χ4v) is 4.01. The minimum Gasteiger partial charge on any atom is -0.366 e. The number of H-pyrrole nitrogens is 1. The van der Waals surface area contributed by atoms with Crippen molar-refractivity contribution in [2.24, 2.45) is 5.73 Å². The second-order valence-electron chi connectivity index (χ2n) is 6.26. The zero-order chi connectivity index (χ0) is 19.7. The molecule has 3 rings (SSSR count). The van der Waals surface area contributed by atoms with Gasteiger partial charge in [0.1, 0.15) is 0 Å². The van der Waals surface area contributed by atoms with E-state index in [0.29, 0.717) is 16.8 Å². The summed E-state index contributed by atoms with van der Waals surface area (Å²) >= 11 is 0. The number of amides is 1. The molecular weight excluding hydrogens is 362 g/mol. The molecule has 0 fully saturated rings. The van der Waals surface area contributed by atoms with Crippen LogP contribution in [-0.2, 0) is 10.9 Å². The molecule has 3 N–H and O–H groups in total. The van der Waals surface area contributed by atoms with Gasteiger partial charge in [-0.15, -0.1) is 0 Å². The summed E-state index contributed by atoms with van der Waals surface area (Å²) in [6.45, 7) is 5.60. The van der Waals surface area contributed by atoms with Gasteiger partial charge in [-0.1, -0.05) is 24.3 Å². The van der Waals surface area contributed by atoms with Gasteiger partial charge in [-0.25, -0.2) is 12.7 Å². The smallest absolute Gasteiger partial charge is 0.250 e. The van der Waals surface area contributed by atoms with E-state index in [1.165, 1.54) is 10.5 Å². The Hall–Kier alpha value is -3.06. The number of aromatic nitrogens is 1. The van der Waals surface area contributed by atoms with E-state index in [1.807, 2.05) is 38.2 Å². The quantitative estimate of drug-likeness (QED) is 0.589. The molecule has 0 atom stereocenters. The number of anilines is 1. The molecule has 6 nitrogen and oxygen atoms in total. The second kappa shape index (κ2) is 7.28. The molecule has 0 bridgehead atoms. The average Bonchev–Trinajstić information content (AvgIpc) is 3.01. The lowest BCUT2D eigenvalue weighted by Crippen LogP contribution is -2.14. The lowest BCUT2D eigenvalue weighted by Gasteiger charge is -2.19. The van der Waals surface area contributed by atoms with Crippen LogP contribution in [0.4, 0.5) is 5.69 Å². The normalized spacial score (nSPS) is 11.6. The van der Waals surface area contributed by atoms with Gasteiger partial charge in [-0.3, -0.25) is 4.79 Å². The van der Waals surface area contributed by atoms with Crippen molar-refractivity contribution in [3.8, 4) is 11.1 Å². The van der Waals surface area contributed by atoms with E-state index in [-0.39, 0.29) is 0 Å². The third kappa shape index (κ3) is 3.21. The molecule has 1 amide bonds. The number of hydrogen-bond acceptors (Lipinski definition) is 3. The molecule has 2 aromatic carbocycles. The number of nitrogens with zero attached hydrogens (tertiary/aromatic N) is 1. The highest BCUT2D eigenvalue weighted by molar-refractivity contribution is 7.74. The van der Waals surface area contributed by atoms with Gasteiger partial charge >= 0.3 is 0 Å². The van der Waals surface area contributed by atoms with Gasteiger partial charge in [0.15, 0.2) is 0 Å². The van der Waals surface area contributed by atoms with Gasteiger partial charge < -0.3 is 10.7 Å². The lowest BCUT2D eigenvalue weighted by atomic mass is 9.93. The fourth-order valence-electron chi connectivity index (χ4n) is 3.37. The van der Waals surface area contributed by atoms with Crippen LogP contribution in [0.15, 0.2) is 48.8 Å². The Morgan fingerprint density at radius 1 is 1.15 bits per heavy atom. The van der Waals surface area contributed by atoms with Crippen molar-refractivity contribution in [3.05, 3.63) is 65.5 Å². The van der Waals surface area contributed by atoms with Crippen molar-refractivity contribution in [1.29, 1.82) is 0 Å². The summed E-state index contributed by atoms with van der Waals surface area (Å²) in [5.74, 6) is -0.499. The molecule has 0 radical (unpaired) electrons. The van der Waals surface area contributed by atoms with Crippen molar-refractivity contribution in [2.75, 3.05) is 4.31 Å². The molecule has 0 saturated heterocycles. The van der Waals surface area contributed by atoms with Crippen molar-refractivity contribution in [2.45, 2.75) is 20.8 Å². The van der Waals surface area contributed by atoms with Gasteiger partial charge in [-0.05, 0) is 55.2 Å². The van der Waals surface area contributed by atoms with Gasteiger partial charge in [0.25, 0.3) is 5.91 Å². The Balaban J connectivity index is 2.30. The van der Waals surface area contributed by atoms with E-state index in [1.54, 1.807) is 25.1 Å². The highest BCUT2D eigenvalue weighted by Crippen LogP contribution is 2.37. The summed E-state index contributed by atoms with van der Waals surface area (Å²) in [5, 5.41) is 0.899. The minimum absolute atomic E-state index is 0.425. The number of fused-ring (bicyclic) bond motifs is 1. The predicted octanol–water partition coefficient (Wildman–Crippen LogP) is 3.42. The van der Waals surface area contributed by atoms with Crippen LogP contribution in [0.3, 0.4) is 0 Å². The Bertz CT molecular complexity index is 1130. The molecule has 140 valence electrons. The lowest BCUT2D eigenvalue weighted by molar-refractivity contribution is 0.100. The second-order valence-corrected chi connectivity index (χ2v) is 7.17. The first-order valence-electron chi connectivity index (χ1n) is 8.43. The predicted molar refractivity (Wildman–Crippen MR) is 109 cm³/mol. The maximum atomic E-state index is 11.7. The van der Waals surface area contributed by atoms with Crippen LogP contribution in [0.25, 0.3) is 22.0 Å². The highest BCUT2D eigenvalue weighted by atomic mass is 32.2. The topological polar surface area (TPSA) is 96.3 Å². The van der Waals surface area contributed by atoms with Crippen molar-refractivity contribution in [1.82, 2.24) is 4.98 Å². The van der Waals surface area contributed by atoms with Crippen LogP contribution in [0.5, 0.6) is 0 Å². The summed E-state index contributed by atoms with van der Waals surface area (Å²) in [4.78, 5) is 14.9. The summed E-state index contributed by atoms with van der Waals surface area (Å²) in [7, 11) is -2.81. The molecule has 1 aromatic heterocycles. The molecule has 0 spiro atoms. The Labute approximate surface area is 159 Å². The fraction of sp³-hybridized carbons (Fsp3) is 0.150. The number of benzene rings is 2. The zero-order valence-corrected chi connectivity index (χ0v) is 16.2. The maximum Gasteiger partial charge on any atom is 0.250 e. The monoisotopic (exact) mass is 383 g/mol. The largest absolute Gasteiger partial charge is 0.366 e. The van der Waals surface area contributed by atoms with Crippen LogP contribution in [0, 0.1) is 13.8 Å². The van der Waals surface area contributed by atoms with Gasteiger partial charge in [-0.2, -0.15) is 0 Å². The van der Waals surface area contributed by atoms with Gasteiger partial charge in [0.05, 0.1) is 16.8 Å². The van der Waals surface area contributed by atoms with Gasteiger partial charge in [0.2, 0.25) is 10.9 Å². The first-order chi connectivity index (χ1) is 12.9. The van der Waals surface area contributed by atoms with Crippen LogP contribution in [-0.4, -0.2) is 19.3 Å². The third-order valence-electron chi connectivity index (χ3n) is 4.61. The number of allylic oxidation sites excluding steroid dienone is 1. The van der Waals surface area contributed by atoms with Crippen molar-refractivity contribution < 1.29 is 13.2 Å². The average molecular weight is 383 g/mol. The molecule has 0 saturated carbocycles. The molecule has 3 aromatic rings. The minimum atomic E-state index is -2.81. The summed E-state index contributed by atoms with van der Waals surface area (Å²) in [5.41, 5.74) is 10.8. The van der Waals surface area contributed by atoms with Crippen molar-refractivity contribution in [3.63, 3.8) is 0 Å². The molecule has 0 unspecified atom stereocenters. The highest BCUT2D eigenvalue weighted by Gasteiger charge is 2.18. The van der Waals surface area contributed by atoms with E-state index in [2.05, 4.69) is 4.98 Å². The first-order valence-corrected chi connectivity index (χ1v) is 9.56. The third-order valence-corrected chi connectivity index (χ3v) is 5.31. The maximum absolute atomic E-state index is 11.7. The van der Waals surface area contributed by atoms with E-state index in [9.17, 15) is 13.2 Å². The SMILES string of the molecule is CC=CN(c1cccc(-c2ccc(C(N)=O)c3[nH]cc(C)c23)c1C)[SH](=O)=O. The number of nitrogens with two attached hydrogens (primary N) is 1. The van der Waals surface area contributed by atoms with E-state index < -0.39 is 16.8 Å². The Morgan fingerprint density at radius 2 is 1.89 bits per heavy atom. The number of aryl methyl sites for hydroxylation is 1. The summed E-state index contributed by atoms with van der Waals surface area (Å²) < 4.78 is 24.6. The summed E-state index contributed by atoms with van der Waals surface area (Å²) in [6.07, 6.45) is 5.03.